The SMILES string of the molecule is C[C@@H]1C[C@@H](C(=O)O)N(C(=O)[C@@H](NC(=O)OC(C)(C)C)C(C)(C)C)C1. The number of rotatable bonds is 3. The van der Waals surface area contributed by atoms with Gasteiger partial charge in [-0.25, -0.2) is 9.59 Å². The lowest BCUT2D eigenvalue weighted by atomic mass is 9.85. The molecule has 2 amide bonds. The van der Waals surface area contributed by atoms with E-state index in [2.05, 4.69) is 5.32 Å². The average Bonchev–Trinajstić information content (AvgIpc) is 2.74. The minimum Gasteiger partial charge on any atom is -0.480 e. The highest BCUT2D eigenvalue weighted by atomic mass is 16.6. The van der Waals surface area contributed by atoms with Crippen LogP contribution in [0.15, 0.2) is 0 Å². The minimum atomic E-state index is -1.02. The van der Waals surface area contributed by atoms with E-state index < -0.39 is 35.2 Å². The molecule has 7 heteroatoms. The normalized spacial score (nSPS) is 22.9. The van der Waals surface area contributed by atoms with Crippen LogP contribution in [0.1, 0.15) is 54.9 Å². The highest BCUT2D eigenvalue weighted by molar-refractivity contribution is 5.90. The first-order valence-corrected chi connectivity index (χ1v) is 8.25. The Bertz CT molecular complexity index is 504. The van der Waals surface area contributed by atoms with Crippen LogP contribution in [-0.2, 0) is 14.3 Å². The van der Waals surface area contributed by atoms with Crippen molar-refractivity contribution in [3.8, 4) is 0 Å². The summed E-state index contributed by atoms with van der Waals surface area (Å²) in [7, 11) is 0. The maximum atomic E-state index is 12.9. The summed E-state index contributed by atoms with van der Waals surface area (Å²) in [6.07, 6.45) is -0.264. The lowest BCUT2D eigenvalue weighted by Gasteiger charge is -2.35. The molecule has 1 aliphatic heterocycles. The molecule has 7 nitrogen and oxygen atoms in total. The highest BCUT2D eigenvalue weighted by Crippen LogP contribution is 2.28. The van der Waals surface area contributed by atoms with Gasteiger partial charge in [-0.2, -0.15) is 0 Å². The number of nitrogens with one attached hydrogen (secondary N) is 1. The summed E-state index contributed by atoms with van der Waals surface area (Å²) in [5, 5.41) is 12.0. The van der Waals surface area contributed by atoms with E-state index in [1.165, 1.54) is 4.90 Å². The monoisotopic (exact) mass is 342 g/mol. The Morgan fingerprint density at radius 1 is 1.17 bits per heavy atom. The molecule has 0 bridgehead atoms. The van der Waals surface area contributed by atoms with Crippen molar-refractivity contribution in [2.45, 2.75) is 72.6 Å². The second-order valence-corrected chi connectivity index (χ2v) is 8.63. The molecular formula is C17H30N2O5. The fourth-order valence-electron chi connectivity index (χ4n) is 2.76. The zero-order chi connectivity index (χ0) is 18.9. The highest BCUT2D eigenvalue weighted by Gasteiger charge is 2.44. The Morgan fingerprint density at radius 2 is 1.71 bits per heavy atom. The number of carboxylic acids is 1. The van der Waals surface area contributed by atoms with Gasteiger partial charge in [0.25, 0.3) is 0 Å². The molecule has 2 N–H and O–H groups in total. The number of hydrogen-bond acceptors (Lipinski definition) is 4. The van der Waals surface area contributed by atoms with Gasteiger partial charge in [0.05, 0.1) is 0 Å². The van der Waals surface area contributed by atoms with Gasteiger partial charge in [-0.15, -0.1) is 0 Å². The Morgan fingerprint density at radius 3 is 2.12 bits per heavy atom. The molecule has 1 heterocycles. The number of alkyl carbamates (subject to hydrolysis) is 1. The summed E-state index contributed by atoms with van der Waals surface area (Å²) in [6, 6.07) is -1.71. The van der Waals surface area contributed by atoms with E-state index in [1.54, 1.807) is 20.8 Å². The number of carboxylic acid groups (broad SMARTS) is 1. The van der Waals surface area contributed by atoms with Crippen molar-refractivity contribution < 1.29 is 24.2 Å². The zero-order valence-electron chi connectivity index (χ0n) is 15.7. The summed E-state index contributed by atoms with van der Waals surface area (Å²) < 4.78 is 5.23. The van der Waals surface area contributed by atoms with Crippen LogP contribution < -0.4 is 5.32 Å². The van der Waals surface area contributed by atoms with Crippen LogP contribution in [0, 0.1) is 11.3 Å². The first-order chi connectivity index (χ1) is 10.7. The van der Waals surface area contributed by atoms with Crippen LogP contribution in [0.4, 0.5) is 4.79 Å². The maximum absolute atomic E-state index is 12.9. The molecule has 1 fully saturated rings. The molecule has 0 aromatic rings. The van der Waals surface area contributed by atoms with Crippen molar-refractivity contribution in [1.29, 1.82) is 0 Å². The van der Waals surface area contributed by atoms with Gasteiger partial charge < -0.3 is 20.1 Å². The van der Waals surface area contributed by atoms with Gasteiger partial charge in [0.1, 0.15) is 17.7 Å². The fraction of sp³-hybridized carbons (Fsp3) is 0.824. The number of aliphatic carboxylic acids is 1. The van der Waals surface area contributed by atoms with Gasteiger partial charge >= 0.3 is 12.1 Å². The Labute approximate surface area is 143 Å². The second-order valence-electron chi connectivity index (χ2n) is 8.63. The summed E-state index contributed by atoms with van der Waals surface area (Å²) >= 11 is 0. The van der Waals surface area contributed by atoms with E-state index in [0.29, 0.717) is 13.0 Å². The van der Waals surface area contributed by atoms with Gasteiger partial charge in [-0.3, -0.25) is 4.79 Å². The summed E-state index contributed by atoms with van der Waals surface area (Å²) in [4.78, 5) is 37.8. The fourth-order valence-corrected chi connectivity index (χ4v) is 2.76. The van der Waals surface area contributed by atoms with Crippen LogP contribution in [0.25, 0.3) is 0 Å². The standard InChI is InChI=1S/C17H30N2O5/c1-10-8-11(14(21)22)19(9-10)13(20)12(16(2,3)4)18-15(23)24-17(5,6)7/h10-12H,8-9H2,1-7H3,(H,18,23)(H,21,22)/t10-,11+,12-/m1/s1. The molecule has 24 heavy (non-hydrogen) atoms. The summed E-state index contributed by atoms with van der Waals surface area (Å²) in [6.45, 7) is 13.0. The number of likely N-dealkylation sites (tertiary alicyclic amines) is 1. The predicted molar refractivity (Wildman–Crippen MR) is 89.5 cm³/mol. The van der Waals surface area contributed by atoms with E-state index in [0.717, 1.165) is 0 Å². The smallest absolute Gasteiger partial charge is 0.408 e. The van der Waals surface area contributed by atoms with Crippen LogP contribution >= 0.6 is 0 Å². The molecular weight excluding hydrogens is 312 g/mol. The van der Waals surface area contributed by atoms with Gasteiger partial charge in [0.2, 0.25) is 5.91 Å². The van der Waals surface area contributed by atoms with Crippen LogP contribution in [0.5, 0.6) is 0 Å². The van der Waals surface area contributed by atoms with Gasteiger partial charge in [-0.1, -0.05) is 27.7 Å². The third-order valence-electron chi connectivity index (χ3n) is 3.85. The Hall–Kier alpha value is -1.79. The number of carbonyl (C=O) groups is 3. The molecule has 0 aromatic carbocycles. The molecule has 1 saturated heterocycles. The molecule has 0 saturated carbocycles. The first-order valence-electron chi connectivity index (χ1n) is 8.25. The maximum Gasteiger partial charge on any atom is 0.408 e. The molecule has 1 rings (SSSR count). The van der Waals surface area contributed by atoms with E-state index in [1.807, 2.05) is 27.7 Å². The molecule has 138 valence electrons. The Kier molecular flexibility index (Phi) is 5.90. The minimum absolute atomic E-state index is 0.109. The molecule has 3 atom stereocenters. The lowest BCUT2D eigenvalue weighted by molar-refractivity contribution is -0.150. The van der Waals surface area contributed by atoms with Crippen LogP contribution in [0.3, 0.4) is 0 Å². The Balaban J connectivity index is 2.98. The van der Waals surface area contributed by atoms with Crippen molar-refractivity contribution in [3.05, 3.63) is 0 Å². The third-order valence-corrected chi connectivity index (χ3v) is 3.85. The van der Waals surface area contributed by atoms with Crippen molar-refractivity contribution in [2.75, 3.05) is 6.54 Å². The van der Waals surface area contributed by atoms with E-state index in [-0.39, 0.29) is 11.8 Å². The van der Waals surface area contributed by atoms with Crippen molar-refractivity contribution in [2.24, 2.45) is 11.3 Å². The zero-order valence-corrected chi connectivity index (χ0v) is 15.7. The summed E-state index contributed by atoms with van der Waals surface area (Å²) in [5.41, 5.74) is -1.26. The van der Waals surface area contributed by atoms with Crippen LogP contribution in [0.2, 0.25) is 0 Å². The van der Waals surface area contributed by atoms with Gasteiger partial charge in [-0.05, 0) is 38.5 Å². The van der Waals surface area contributed by atoms with E-state index in [4.69, 9.17) is 4.74 Å². The predicted octanol–water partition coefficient (Wildman–Crippen LogP) is 2.25. The number of hydrogen-bond donors (Lipinski definition) is 2. The molecule has 0 spiro atoms. The summed E-state index contributed by atoms with van der Waals surface area (Å²) in [5.74, 6) is -1.29. The molecule has 0 unspecified atom stereocenters. The number of nitrogens with zero attached hydrogens (tertiary/aromatic N) is 1. The van der Waals surface area contributed by atoms with Gasteiger partial charge in [0.15, 0.2) is 0 Å². The van der Waals surface area contributed by atoms with Crippen LogP contribution in [-0.4, -0.2) is 52.2 Å². The van der Waals surface area contributed by atoms with E-state index in [9.17, 15) is 19.5 Å². The molecule has 0 aliphatic carbocycles. The quantitative estimate of drug-likeness (QED) is 0.820. The average molecular weight is 342 g/mol. The van der Waals surface area contributed by atoms with Crippen molar-refractivity contribution in [3.63, 3.8) is 0 Å². The van der Waals surface area contributed by atoms with Crippen molar-refractivity contribution in [1.82, 2.24) is 10.2 Å². The third kappa shape index (κ3) is 5.39. The lowest BCUT2D eigenvalue weighted by Crippen LogP contribution is -2.57. The molecule has 1 aliphatic rings. The number of ether oxygens (including phenoxy) is 1. The topological polar surface area (TPSA) is 95.9 Å². The molecule has 0 aromatic heterocycles. The number of carbonyl (C=O) groups excluding carboxylic acids is 2. The van der Waals surface area contributed by atoms with E-state index >= 15 is 0 Å². The van der Waals surface area contributed by atoms with Gasteiger partial charge in [0, 0.05) is 6.54 Å². The molecule has 0 radical (unpaired) electrons. The van der Waals surface area contributed by atoms with Crippen molar-refractivity contribution >= 4 is 18.0 Å². The number of amides is 2. The second kappa shape index (κ2) is 6.99. The largest absolute Gasteiger partial charge is 0.480 e. The first kappa shape index (κ1) is 20.3.